The van der Waals surface area contributed by atoms with Crippen LogP contribution in [0.4, 0.5) is 0 Å². The summed E-state index contributed by atoms with van der Waals surface area (Å²) >= 11 is 0. The Morgan fingerprint density at radius 2 is 1.80 bits per heavy atom. The van der Waals surface area contributed by atoms with Crippen molar-refractivity contribution in [2.24, 2.45) is 0 Å². The molecule has 0 aromatic heterocycles. The Morgan fingerprint density at radius 3 is 2.20 bits per heavy atom. The maximum atomic E-state index is 11.5. The molecule has 0 spiro atoms. The molecule has 1 N–H and O–H groups in total. The minimum absolute atomic E-state index is 0.0334. The molecule has 0 radical (unpaired) electrons. The van der Waals surface area contributed by atoms with Gasteiger partial charge in [0.05, 0.1) is 27.2 Å². The highest BCUT2D eigenvalue weighted by Crippen LogP contribution is 1.97. The first-order valence-electron chi connectivity index (χ1n) is 5.01. The fourth-order valence-electron chi connectivity index (χ4n) is 1.12. The second kappa shape index (κ2) is 5.70. The van der Waals surface area contributed by atoms with Crippen LogP contribution in [0.25, 0.3) is 0 Å². The van der Waals surface area contributed by atoms with E-state index in [0.717, 1.165) is 6.54 Å². The van der Waals surface area contributed by atoms with E-state index in [2.05, 4.69) is 5.32 Å². The van der Waals surface area contributed by atoms with Gasteiger partial charge in [-0.1, -0.05) is 0 Å². The molecule has 0 heterocycles. The van der Waals surface area contributed by atoms with Gasteiger partial charge in [-0.2, -0.15) is 0 Å². The van der Waals surface area contributed by atoms with Gasteiger partial charge in [-0.15, -0.1) is 0 Å². The van der Waals surface area contributed by atoms with Gasteiger partial charge in [0.2, 0.25) is 5.91 Å². The lowest BCUT2D eigenvalue weighted by molar-refractivity contribution is -0.881. The average molecular weight is 216 g/mol. The number of hydrogen-bond donors (Lipinski definition) is 1. The van der Waals surface area contributed by atoms with Gasteiger partial charge in [0, 0.05) is 21.0 Å². The normalized spacial score (nSPS) is 11.0. The van der Waals surface area contributed by atoms with Crippen molar-refractivity contribution < 1.29 is 14.1 Å². The highest BCUT2D eigenvalue weighted by molar-refractivity contribution is 5.76. The molecule has 0 unspecified atom stereocenters. The van der Waals surface area contributed by atoms with Gasteiger partial charge < -0.3 is 14.7 Å². The molecule has 0 saturated carbocycles. The van der Waals surface area contributed by atoms with Crippen LogP contribution in [0.5, 0.6) is 0 Å². The summed E-state index contributed by atoms with van der Waals surface area (Å²) in [5, 5.41) is 2.72. The molecule has 15 heavy (non-hydrogen) atoms. The molecule has 0 aliphatic carbocycles. The van der Waals surface area contributed by atoms with Crippen LogP contribution in [0.3, 0.4) is 0 Å². The number of carbonyl (C=O) groups is 2. The number of rotatable bonds is 5. The van der Waals surface area contributed by atoms with Crippen molar-refractivity contribution in [1.29, 1.82) is 0 Å². The zero-order chi connectivity index (χ0) is 12.1. The largest absolute Gasteiger partial charge is 0.351 e. The number of nitrogens with zero attached hydrogens (tertiary/aromatic N) is 2. The summed E-state index contributed by atoms with van der Waals surface area (Å²) in [6.07, 6.45) is 0. The standard InChI is InChI=1S/C10H21N3O2/c1-9(14)11-6-7-13(4,5)8-10(15)12(2)3/h6-8H2,1-5H3/p+1. The van der Waals surface area contributed by atoms with E-state index in [4.69, 9.17) is 0 Å². The van der Waals surface area contributed by atoms with Crippen LogP contribution in [0.2, 0.25) is 0 Å². The quantitative estimate of drug-likeness (QED) is 0.617. The van der Waals surface area contributed by atoms with Crippen LogP contribution in [-0.4, -0.2) is 69.0 Å². The average Bonchev–Trinajstić information content (AvgIpc) is 2.01. The Balaban J connectivity index is 3.96. The minimum Gasteiger partial charge on any atom is -0.351 e. The van der Waals surface area contributed by atoms with Crippen molar-refractivity contribution in [3.8, 4) is 0 Å². The summed E-state index contributed by atoms with van der Waals surface area (Å²) in [7, 11) is 7.44. The van der Waals surface area contributed by atoms with E-state index in [-0.39, 0.29) is 11.8 Å². The van der Waals surface area contributed by atoms with E-state index in [1.165, 1.54) is 6.92 Å². The van der Waals surface area contributed by atoms with Crippen LogP contribution in [-0.2, 0) is 9.59 Å². The van der Waals surface area contributed by atoms with Crippen molar-refractivity contribution in [3.63, 3.8) is 0 Å². The molecule has 0 rings (SSSR count). The second-order valence-corrected chi connectivity index (χ2v) is 4.59. The Morgan fingerprint density at radius 1 is 1.27 bits per heavy atom. The number of nitrogens with one attached hydrogen (secondary N) is 1. The van der Waals surface area contributed by atoms with E-state index >= 15 is 0 Å². The van der Waals surface area contributed by atoms with E-state index in [1.54, 1.807) is 19.0 Å². The molecular weight excluding hydrogens is 194 g/mol. The molecule has 2 amide bonds. The maximum absolute atomic E-state index is 11.5. The van der Waals surface area contributed by atoms with E-state index in [0.29, 0.717) is 17.6 Å². The monoisotopic (exact) mass is 216 g/mol. The molecule has 0 fully saturated rings. The Hall–Kier alpha value is -1.10. The fourth-order valence-corrected chi connectivity index (χ4v) is 1.12. The van der Waals surface area contributed by atoms with Crippen LogP contribution in [0.1, 0.15) is 6.92 Å². The predicted octanol–water partition coefficient (Wildman–Crippen LogP) is -0.713. The molecule has 5 nitrogen and oxygen atoms in total. The summed E-state index contributed by atoms with van der Waals surface area (Å²) in [5.41, 5.74) is 0. The summed E-state index contributed by atoms with van der Waals surface area (Å²) in [6.45, 7) is 3.29. The SMILES string of the molecule is CC(=O)NCC[N+](C)(C)CC(=O)N(C)C. The van der Waals surface area contributed by atoms with E-state index in [9.17, 15) is 9.59 Å². The van der Waals surface area contributed by atoms with Gasteiger partial charge in [-0.3, -0.25) is 9.59 Å². The van der Waals surface area contributed by atoms with Crippen molar-refractivity contribution in [2.75, 3.05) is 47.8 Å². The number of amides is 2. The maximum Gasteiger partial charge on any atom is 0.277 e. The third-order valence-corrected chi connectivity index (χ3v) is 2.15. The summed E-state index contributed by atoms with van der Waals surface area (Å²) < 4.78 is 0.581. The molecule has 5 heteroatoms. The van der Waals surface area contributed by atoms with E-state index < -0.39 is 0 Å². The Bertz CT molecular complexity index is 237. The van der Waals surface area contributed by atoms with Crippen LogP contribution < -0.4 is 5.32 Å². The van der Waals surface area contributed by atoms with E-state index in [1.807, 2.05) is 14.1 Å². The predicted molar refractivity (Wildman–Crippen MR) is 59.2 cm³/mol. The Kier molecular flexibility index (Phi) is 5.28. The number of quaternary nitrogens is 1. The number of hydrogen-bond acceptors (Lipinski definition) is 2. The van der Waals surface area contributed by atoms with Gasteiger partial charge in [-0.05, 0) is 0 Å². The first-order chi connectivity index (χ1) is 6.74. The van der Waals surface area contributed by atoms with Gasteiger partial charge in [-0.25, -0.2) is 0 Å². The van der Waals surface area contributed by atoms with Gasteiger partial charge in [0.1, 0.15) is 0 Å². The zero-order valence-corrected chi connectivity index (χ0v) is 10.3. The summed E-state index contributed by atoms with van der Waals surface area (Å²) in [5.74, 6) is 0.0664. The van der Waals surface area contributed by atoms with Crippen LogP contribution >= 0.6 is 0 Å². The highest BCUT2D eigenvalue weighted by Gasteiger charge is 2.20. The molecule has 0 bridgehead atoms. The van der Waals surface area contributed by atoms with Crippen molar-refractivity contribution in [2.45, 2.75) is 6.92 Å². The van der Waals surface area contributed by atoms with Crippen molar-refractivity contribution in [1.82, 2.24) is 10.2 Å². The molecule has 0 atom stereocenters. The van der Waals surface area contributed by atoms with Gasteiger partial charge in [0.15, 0.2) is 6.54 Å². The summed E-state index contributed by atoms with van der Waals surface area (Å²) in [4.78, 5) is 23.7. The van der Waals surface area contributed by atoms with Gasteiger partial charge in [0.25, 0.3) is 5.91 Å². The smallest absolute Gasteiger partial charge is 0.277 e. The minimum atomic E-state index is -0.0334. The third-order valence-electron chi connectivity index (χ3n) is 2.15. The number of carbonyl (C=O) groups excluding carboxylic acids is 2. The number of likely N-dealkylation sites (N-methyl/N-ethyl adjacent to an activating group) is 2. The van der Waals surface area contributed by atoms with Gasteiger partial charge >= 0.3 is 0 Å². The Labute approximate surface area is 91.6 Å². The molecule has 88 valence electrons. The van der Waals surface area contributed by atoms with Crippen molar-refractivity contribution in [3.05, 3.63) is 0 Å². The molecule has 0 saturated heterocycles. The van der Waals surface area contributed by atoms with Crippen molar-refractivity contribution >= 4 is 11.8 Å². The first-order valence-corrected chi connectivity index (χ1v) is 5.01. The van der Waals surface area contributed by atoms with Crippen LogP contribution in [0, 0.1) is 0 Å². The zero-order valence-electron chi connectivity index (χ0n) is 10.3. The molecule has 0 aliphatic rings. The molecule has 0 aromatic rings. The summed E-state index contributed by atoms with van der Waals surface area (Å²) in [6, 6.07) is 0. The lowest BCUT2D eigenvalue weighted by Crippen LogP contribution is -2.50. The topological polar surface area (TPSA) is 49.4 Å². The lowest BCUT2D eigenvalue weighted by Gasteiger charge is -2.30. The molecular formula is C10H22N3O2+. The second-order valence-electron chi connectivity index (χ2n) is 4.59. The first kappa shape index (κ1) is 13.9. The lowest BCUT2D eigenvalue weighted by atomic mass is 10.4. The third kappa shape index (κ3) is 6.90. The molecule has 0 aromatic carbocycles. The highest BCUT2D eigenvalue weighted by atomic mass is 16.2. The molecule has 0 aliphatic heterocycles. The van der Waals surface area contributed by atoms with Crippen LogP contribution in [0.15, 0.2) is 0 Å². The fraction of sp³-hybridized carbons (Fsp3) is 0.800.